The number of carbonyl (C=O) groups is 5. The molecular weight excluding hydrogens is 1300 g/mol. The third kappa shape index (κ3) is 27.5. The van der Waals surface area contributed by atoms with Crippen molar-refractivity contribution in [1.29, 1.82) is 0 Å². The Morgan fingerprint density at radius 3 is 1.16 bits per heavy atom. The number of rotatable bonds is 40. The molecule has 26 nitrogen and oxygen atoms in total. The summed E-state index contributed by atoms with van der Waals surface area (Å²) in [5.41, 5.74) is 13.3. The van der Waals surface area contributed by atoms with Crippen molar-refractivity contribution in [3.05, 3.63) is 240 Å². The number of amides is 6. The first kappa shape index (κ1) is 75.6. The topological polar surface area (TPSA) is 340 Å². The summed E-state index contributed by atoms with van der Waals surface area (Å²) in [6.07, 6.45) is 16.2. The fourth-order valence-electron chi connectivity index (χ4n) is 11.8. The van der Waals surface area contributed by atoms with Crippen molar-refractivity contribution in [3.8, 4) is 0 Å². The Morgan fingerprint density at radius 1 is 0.446 bits per heavy atom. The van der Waals surface area contributed by atoms with Gasteiger partial charge in [0.25, 0.3) is 11.8 Å². The molecule has 6 amide bonds. The van der Waals surface area contributed by atoms with Crippen LogP contribution in [0.5, 0.6) is 0 Å². The van der Waals surface area contributed by atoms with Crippen LogP contribution in [-0.2, 0) is 61.9 Å². The fraction of sp³-hybridized carbons (Fsp3) is 0.392. The van der Waals surface area contributed by atoms with E-state index in [-0.39, 0.29) is 61.3 Å². The second-order valence-corrected chi connectivity index (χ2v) is 26.2. The maximum atomic E-state index is 12.9. The number of nitrogens with one attached hydrogen (secondary N) is 6. The fourth-order valence-corrected chi connectivity index (χ4v) is 13.4. The molecule has 27 heteroatoms. The Hall–Kier alpha value is -9.58. The van der Waals surface area contributed by atoms with Crippen LogP contribution in [0.25, 0.3) is 0 Å². The summed E-state index contributed by atoms with van der Waals surface area (Å²) in [6.45, 7) is 7.53. The SMILES string of the molecule is NCCNC(=O)c1ccc(CN(Cc2ccccn2)CC(O)CN(Cc2ccccn2)Cc2ccccn2)nc1.O=C(CCCCC1SC[C@@H]2NC(=O)N[C@H]12)NCCCC(=O)NCCNC(=O)c1ccc(CN(Cc2ccccn2)CC(O)CN(Cc2ccccn2)Cc2ccccn2)nc1. The van der Waals surface area contributed by atoms with Crippen molar-refractivity contribution in [1.82, 2.24) is 91.4 Å². The first-order valence-corrected chi connectivity index (χ1v) is 35.4. The molecule has 0 aliphatic carbocycles. The van der Waals surface area contributed by atoms with Gasteiger partial charge in [0, 0.05) is 185 Å². The summed E-state index contributed by atoms with van der Waals surface area (Å²) in [5.74, 6) is 0.255. The van der Waals surface area contributed by atoms with Gasteiger partial charge in [-0.1, -0.05) is 42.8 Å². The lowest BCUT2D eigenvalue weighted by atomic mass is 10.0. The Morgan fingerprint density at radius 2 is 0.802 bits per heavy atom. The molecule has 8 aromatic heterocycles. The standard InChI is InChI=1S/C44H57N11O5S.C30H36N8O2/c56-37(29-54(25-33-10-3-6-18-45-33)26-34-11-4-7-19-46-34)30-55(27-35-12-5-8-20-47-35)28-36-17-16-32(24-51-36)43(59)50-23-22-49-41(58)15-9-21-48-40(57)14-2-1-13-39-42-38(31-61-39)52-44(60)53-42;31-12-16-35-30(40)24-10-11-28(36-17-24)21-38(20-27-9-3-6-15-34-27)23-29(39)22-37(18-25-7-1-4-13-32-25)19-26-8-2-5-14-33-26/h3-8,10-12,16-20,24,37-39,42,56H,1-2,9,13-15,21-23,25-31H2,(H,48,57)(H,49,58)(H,50,59)(H2,52,53,60);1-11,13-15,17,29,39H,12,16,18-23,31H2,(H,35,40)/t37?,38-,39?,42-;/m0./s1. The van der Waals surface area contributed by atoms with Crippen molar-refractivity contribution in [3.63, 3.8) is 0 Å². The lowest BCUT2D eigenvalue weighted by Gasteiger charge is -2.29. The molecule has 0 aromatic carbocycles. The summed E-state index contributed by atoms with van der Waals surface area (Å²) in [6, 6.07) is 42.3. The van der Waals surface area contributed by atoms with Gasteiger partial charge in [0.1, 0.15) is 0 Å². The van der Waals surface area contributed by atoms with E-state index in [9.17, 15) is 34.2 Å². The molecule has 10 rings (SSSR count). The van der Waals surface area contributed by atoms with Crippen LogP contribution in [0.1, 0.15) is 105 Å². The van der Waals surface area contributed by atoms with Crippen LogP contribution in [0.3, 0.4) is 0 Å². The zero-order valence-electron chi connectivity index (χ0n) is 57.0. The van der Waals surface area contributed by atoms with E-state index in [0.717, 1.165) is 70.6 Å². The van der Waals surface area contributed by atoms with Crippen LogP contribution in [0.2, 0.25) is 0 Å². The van der Waals surface area contributed by atoms with Crippen molar-refractivity contribution < 1.29 is 34.2 Å². The highest BCUT2D eigenvalue weighted by Gasteiger charge is 2.42. The van der Waals surface area contributed by atoms with Crippen LogP contribution in [0, 0.1) is 0 Å². The second-order valence-electron chi connectivity index (χ2n) is 25.0. The summed E-state index contributed by atoms with van der Waals surface area (Å²) in [4.78, 5) is 106. The van der Waals surface area contributed by atoms with E-state index in [2.05, 4.69) is 91.4 Å². The minimum absolute atomic E-state index is 0.0216. The number of nitrogens with zero attached hydrogens (tertiary/aromatic N) is 12. The largest absolute Gasteiger partial charge is 0.390 e. The average Bonchev–Trinajstić information content (AvgIpc) is 1.68. The predicted octanol–water partition coefficient (Wildman–Crippen LogP) is 4.82. The van der Waals surface area contributed by atoms with E-state index < -0.39 is 12.2 Å². The molecule has 101 heavy (non-hydrogen) atoms. The molecule has 2 aliphatic rings. The van der Waals surface area contributed by atoms with Gasteiger partial charge < -0.3 is 47.8 Å². The molecule has 2 saturated heterocycles. The van der Waals surface area contributed by atoms with Crippen molar-refractivity contribution in [2.24, 2.45) is 5.73 Å². The zero-order chi connectivity index (χ0) is 70.6. The highest BCUT2D eigenvalue weighted by atomic mass is 32.2. The molecule has 0 radical (unpaired) electrons. The summed E-state index contributed by atoms with van der Waals surface area (Å²) >= 11 is 1.88. The Balaban J connectivity index is 0.000000257. The number of aliphatic hydroxyl groups excluding tert-OH is 2. The molecule has 0 saturated carbocycles. The maximum absolute atomic E-state index is 12.9. The highest BCUT2D eigenvalue weighted by molar-refractivity contribution is 8.00. The number of hydrogen-bond donors (Lipinski definition) is 9. The molecule has 532 valence electrons. The molecule has 10 heterocycles. The Kier molecular flexibility index (Phi) is 31.3. The van der Waals surface area contributed by atoms with Gasteiger partial charge in [-0.25, -0.2) is 4.79 Å². The number of carbonyl (C=O) groups excluding carboxylic acids is 5. The number of unbranched alkanes of at least 4 members (excludes halogenated alkanes) is 1. The minimum Gasteiger partial charge on any atom is -0.390 e. The lowest BCUT2D eigenvalue weighted by Crippen LogP contribution is -2.40. The quantitative estimate of drug-likeness (QED) is 0.0184. The number of hydrogen-bond acceptors (Lipinski definition) is 21. The number of thioether (sulfide) groups is 1. The van der Waals surface area contributed by atoms with Gasteiger partial charge >= 0.3 is 6.03 Å². The Labute approximate surface area is 594 Å². The Bertz CT molecular complexity index is 3640. The second kappa shape index (κ2) is 41.9. The van der Waals surface area contributed by atoms with Gasteiger partial charge in [0.05, 0.1) is 81.0 Å². The average molecular weight is 1390 g/mol. The zero-order valence-corrected chi connectivity index (χ0v) is 57.8. The maximum Gasteiger partial charge on any atom is 0.315 e. The normalized spacial score (nSPS) is 15.2. The molecule has 2 fully saturated rings. The number of aliphatic hydroxyl groups is 2. The van der Waals surface area contributed by atoms with Gasteiger partial charge in [-0.05, 0) is 116 Å². The molecule has 0 spiro atoms. The van der Waals surface area contributed by atoms with Gasteiger partial charge in [0.2, 0.25) is 11.8 Å². The smallest absolute Gasteiger partial charge is 0.315 e. The number of aromatic nitrogens is 8. The molecular formula is C74H93N19O7S. The van der Waals surface area contributed by atoms with E-state index in [1.807, 2.05) is 127 Å². The third-order valence-corrected chi connectivity index (χ3v) is 18.1. The number of urea groups is 1. The van der Waals surface area contributed by atoms with Gasteiger partial charge in [-0.15, -0.1) is 0 Å². The number of fused-ring (bicyclic) bond motifs is 1. The van der Waals surface area contributed by atoms with Crippen molar-refractivity contribution >= 4 is 41.4 Å². The lowest BCUT2D eigenvalue weighted by molar-refractivity contribution is -0.123. The first-order valence-electron chi connectivity index (χ1n) is 34.4. The van der Waals surface area contributed by atoms with Gasteiger partial charge in [-0.3, -0.25) is 78.6 Å². The molecule has 0 bridgehead atoms. The van der Waals surface area contributed by atoms with Crippen LogP contribution in [0.15, 0.2) is 183 Å². The van der Waals surface area contributed by atoms with Crippen LogP contribution in [-0.4, -0.2) is 194 Å². The monoisotopic (exact) mass is 1390 g/mol. The van der Waals surface area contributed by atoms with E-state index in [1.165, 1.54) is 6.20 Å². The number of pyridine rings is 8. The predicted molar refractivity (Wildman–Crippen MR) is 385 cm³/mol. The van der Waals surface area contributed by atoms with Crippen LogP contribution in [0.4, 0.5) is 4.79 Å². The number of nitrogens with two attached hydrogens (primary N) is 1. The molecule has 2 aliphatic heterocycles. The minimum atomic E-state index is -0.707. The molecule has 5 atom stereocenters. The molecule has 10 N–H and O–H groups in total. The van der Waals surface area contributed by atoms with Gasteiger partial charge in [-0.2, -0.15) is 11.8 Å². The third-order valence-electron chi connectivity index (χ3n) is 16.6. The van der Waals surface area contributed by atoms with Crippen LogP contribution >= 0.6 is 11.8 Å². The van der Waals surface area contributed by atoms with Gasteiger partial charge in [0.15, 0.2) is 0 Å². The summed E-state index contributed by atoms with van der Waals surface area (Å²) in [7, 11) is 0. The molecule has 8 aromatic rings. The van der Waals surface area contributed by atoms with Crippen molar-refractivity contribution in [2.45, 2.75) is 120 Å². The highest BCUT2D eigenvalue weighted by Crippen LogP contribution is 2.33. The summed E-state index contributed by atoms with van der Waals surface area (Å²) in [5, 5.41) is 40.3. The van der Waals surface area contributed by atoms with E-state index in [4.69, 9.17) is 5.73 Å². The van der Waals surface area contributed by atoms with E-state index >= 15 is 0 Å². The summed E-state index contributed by atoms with van der Waals surface area (Å²) < 4.78 is 0. The van der Waals surface area contributed by atoms with Crippen molar-refractivity contribution in [2.75, 3.05) is 64.7 Å². The van der Waals surface area contributed by atoms with Crippen LogP contribution < -0.4 is 37.6 Å². The van der Waals surface area contributed by atoms with E-state index in [1.54, 1.807) is 61.6 Å². The first-order chi connectivity index (χ1) is 49.4. The molecule has 3 unspecified atom stereocenters. The van der Waals surface area contributed by atoms with E-state index in [0.29, 0.717) is 127 Å².